The largest absolute Gasteiger partial charge is 0.396 e. The molecule has 0 bridgehead atoms. The molecule has 94 valence electrons. The lowest BCUT2D eigenvalue weighted by Gasteiger charge is -2.19. The molecule has 1 aliphatic carbocycles. The van der Waals surface area contributed by atoms with Crippen LogP contribution in [0.1, 0.15) is 24.8 Å². The number of benzene rings is 1. The predicted octanol–water partition coefficient (Wildman–Crippen LogP) is 3.24. The molecule has 0 aliphatic heterocycles. The van der Waals surface area contributed by atoms with Crippen molar-refractivity contribution >= 4 is 23.2 Å². The first-order valence-electron chi connectivity index (χ1n) is 5.99. The van der Waals surface area contributed by atoms with Crippen LogP contribution in [0.2, 0.25) is 10.0 Å². The van der Waals surface area contributed by atoms with E-state index in [1.807, 2.05) is 12.1 Å². The molecule has 1 fully saturated rings. The molecule has 0 radical (unpaired) electrons. The second-order valence-electron chi connectivity index (χ2n) is 4.60. The minimum Gasteiger partial charge on any atom is -0.396 e. The van der Waals surface area contributed by atoms with Crippen LogP contribution < -0.4 is 5.32 Å². The van der Waals surface area contributed by atoms with Crippen LogP contribution in [-0.2, 0) is 6.54 Å². The van der Waals surface area contributed by atoms with Crippen LogP contribution in [0.4, 0.5) is 0 Å². The average molecular weight is 274 g/mol. The Hall–Kier alpha value is -0.280. The van der Waals surface area contributed by atoms with Gasteiger partial charge in [0.15, 0.2) is 0 Å². The molecule has 1 aromatic rings. The van der Waals surface area contributed by atoms with Crippen LogP contribution in [0.5, 0.6) is 0 Å². The fourth-order valence-electron chi connectivity index (χ4n) is 2.43. The number of aliphatic hydroxyl groups is 1. The molecule has 2 atom stereocenters. The zero-order valence-electron chi connectivity index (χ0n) is 9.63. The van der Waals surface area contributed by atoms with Gasteiger partial charge in [0.2, 0.25) is 0 Å². The molecule has 2 nitrogen and oxygen atoms in total. The Morgan fingerprint density at radius 1 is 1.29 bits per heavy atom. The van der Waals surface area contributed by atoms with Gasteiger partial charge in [-0.25, -0.2) is 0 Å². The lowest BCUT2D eigenvalue weighted by molar-refractivity contribution is 0.205. The number of halogens is 2. The number of rotatable bonds is 4. The summed E-state index contributed by atoms with van der Waals surface area (Å²) >= 11 is 12.0. The zero-order chi connectivity index (χ0) is 12.3. The molecule has 0 amide bonds. The van der Waals surface area contributed by atoms with Gasteiger partial charge in [0.05, 0.1) is 0 Å². The van der Waals surface area contributed by atoms with Crippen molar-refractivity contribution in [2.24, 2.45) is 5.92 Å². The van der Waals surface area contributed by atoms with Crippen LogP contribution in [-0.4, -0.2) is 17.8 Å². The molecule has 2 rings (SSSR count). The Kier molecular flexibility index (Phi) is 4.69. The Balaban J connectivity index is 1.93. The van der Waals surface area contributed by atoms with Crippen LogP contribution in [0.3, 0.4) is 0 Å². The quantitative estimate of drug-likeness (QED) is 0.883. The van der Waals surface area contributed by atoms with E-state index in [4.69, 9.17) is 23.2 Å². The fourth-order valence-corrected chi connectivity index (χ4v) is 2.91. The summed E-state index contributed by atoms with van der Waals surface area (Å²) in [7, 11) is 0. The molecule has 0 heterocycles. The average Bonchev–Trinajstić information content (AvgIpc) is 2.75. The van der Waals surface area contributed by atoms with Crippen molar-refractivity contribution in [2.75, 3.05) is 6.61 Å². The van der Waals surface area contributed by atoms with Gasteiger partial charge < -0.3 is 10.4 Å². The first kappa shape index (κ1) is 13.2. The van der Waals surface area contributed by atoms with Crippen molar-refractivity contribution in [3.05, 3.63) is 33.8 Å². The van der Waals surface area contributed by atoms with E-state index in [-0.39, 0.29) is 6.61 Å². The molecule has 0 spiro atoms. The summed E-state index contributed by atoms with van der Waals surface area (Å²) in [6.07, 6.45) is 3.44. The van der Waals surface area contributed by atoms with Gasteiger partial charge in [-0.05, 0) is 36.5 Å². The third-order valence-electron chi connectivity index (χ3n) is 3.46. The highest BCUT2D eigenvalue weighted by atomic mass is 35.5. The van der Waals surface area contributed by atoms with E-state index in [0.717, 1.165) is 24.9 Å². The van der Waals surface area contributed by atoms with Crippen LogP contribution in [0.15, 0.2) is 18.2 Å². The van der Waals surface area contributed by atoms with E-state index in [0.29, 0.717) is 22.0 Å². The summed E-state index contributed by atoms with van der Waals surface area (Å²) in [5.41, 5.74) is 1.06. The van der Waals surface area contributed by atoms with Gasteiger partial charge in [-0.15, -0.1) is 0 Å². The summed E-state index contributed by atoms with van der Waals surface area (Å²) in [6.45, 7) is 1.00. The maximum Gasteiger partial charge on any atom is 0.0474 e. The number of hydrogen-bond acceptors (Lipinski definition) is 2. The summed E-state index contributed by atoms with van der Waals surface area (Å²) < 4.78 is 0. The summed E-state index contributed by atoms with van der Waals surface area (Å²) in [6, 6.07) is 5.97. The van der Waals surface area contributed by atoms with Crippen molar-refractivity contribution in [3.8, 4) is 0 Å². The molecule has 1 aromatic carbocycles. The molecule has 2 unspecified atom stereocenters. The Labute approximate surface area is 112 Å². The van der Waals surface area contributed by atoms with Crippen LogP contribution >= 0.6 is 23.2 Å². The predicted molar refractivity (Wildman–Crippen MR) is 71.5 cm³/mol. The highest BCUT2D eigenvalue weighted by molar-refractivity contribution is 6.35. The van der Waals surface area contributed by atoms with E-state index in [1.54, 1.807) is 6.07 Å². The first-order chi connectivity index (χ1) is 8.20. The van der Waals surface area contributed by atoms with Gasteiger partial charge in [-0.3, -0.25) is 0 Å². The van der Waals surface area contributed by atoms with Crippen molar-refractivity contribution in [1.29, 1.82) is 0 Å². The van der Waals surface area contributed by atoms with Gasteiger partial charge in [0.1, 0.15) is 0 Å². The maximum atomic E-state index is 9.24. The monoisotopic (exact) mass is 273 g/mol. The smallest absolute Gasteiger partial charge is 0.0474 e. The minimum absolute atomic E-state index is 0.270. The van der Waals surface area contributed by atoms with Crippen molar-refractivity contribution in [3.63, 3.8) is 0 Å². The van der Waals surface area contributed by atoms with Crippen molar-refractivity contribution < 1.29 is 5.11 Å². The third-order valence-corrected chi connectivity index (χ3v) is 4.05. The molecule has 0 saturated heterocycles. The molecule has 4 heteroatoms. The number of aliphatic hydroxyl groups excluding tert-OH is 1. The Bertz CT molecular complexity index is 384. The lowest BCUT2D eigenvalue weighted by atomic mass is 10.0. The summed E-state index contributed by atoms with van der Waals surface area (Å²) in [4.78, 5) is 0. The highest BCUT2D eigenvalue weighted by Crippen LogP contribution is 2.26. The van der Waals surface area contributed by atoms with Gasteiger partial charge in [0.25, 0.3) is 0 Å². The number of hydrogen-bond donors (Lipinski definition) is 2. The zero-order valence-corrected chi connectivity index (χ0v) is 11.1. The summed E-state index contributed by atoms with van der Waals surface area (Å²) in [5.74, 6) is 0.390. The van der Waals surface area contributed by atoms with E-state index in [2.05, 4.69) is 5.32 Å². The molecular formula is C13H17Cl2NO. The van der Waals surface area contributed by atoms with Crippen molar-refractivity contribution in [2.45, 2.75) is 31.8 Å². The van der Waals surface area contributed by atoms with Crippen LogP contribution in [0, 0.1) is 5.92 Å². The second kappa shape index (κ2) is 6.05. The molecule has 1 aliphatic rings. The van der Waals surface area contributed by atoms with E-state index < -0.39 is 0 Å². The molecule has 1 saturated carbocycles. The lowest BCUT2D eigenvalue weighted by Crippen LogP contribution is -2.33. The van der Waals surface area contributed by atoms with Crippen LogP contribution in [0.25, 0.3) is 0 Å². The van der Waals surface area contributed by atoms with E-state index in [1.165, 1.54) is 6.42 Å². The maximum absolute atomic E-state index is 9.24. The minimum atomic E-state index is 0.270. The van der Waals surface area contributed by atoms with E-state index in [9.17, 15) is 5.11 Å². The van der Waals surface area contributed by atoms with Gasteiger partial charge >= 0.3 is 0 Å². The second-order valence-corrected chi connectivity index (χ2v) is 5.44. The SMILES string of the molecule is OCC1CCCC1NCc1ccc(Cl)cc1Cl. The van der Waals surface area contributed by atoms with Gasteiger partial charge in [-0.1, -0.05) is 35.7 Å². The molecule has 0 aromatic heterocycles. The Morgan fingerprint density at radius 2 is 2.12 bits per heavy atom. The normalized spacial score (nSPS) is 24.2. The summed E-state index contributed by atoms with van der Waals surface area (Å²) in [5, 5.41) is 14.1. The topological polar surface area (TPSA) is 32.3 Å². The van der Waals surface area contributed by atoms with Gasteiger partial charge in [-0.2, -0.15) is 0 Å². The molecular weight excluding hydrogens is 257 g/mol. The molecule has 17 heavy (non-hydrogen) atoms. The third kappa shape index (κ3) is 3.35. The Morgan fingerprint density at radius 3 is 2.82 bits per heavy atom. The van der Waals surface area contributed by atoms with E-state index >= 15 is 0 Å². The molecule has 2 N–H and O–H groups in total. The number of nitrogens with one attached hydrogen (secondary N) is 1. The first-order valence-corrected chi connectivity index (χ1v) is 6.74. The van der Waals surface area contributed by atoms with Crippen molar-refractivity contribution in [1.82, 2.24) is 5.32 Å². The standard InChI is InChI=1S/C13H17Cl2NO/c14-11-5-4-9(12(15)6-11)7-16-13-3-1-2-10(13)8-17/h4-6,10,13,16-17H,1-3,7-8H2. The van der Waals surface area contributed by atoms with Gasteiger partial charge in [0, 0.05) is 29.2 Å². The fraction of sp³-hybridized carbons (Fsp3) is 0.538. The highest BCUT2D eigenvalue weighted by Gasteiger charge is 2.25.